The molecule has 4 amide bonds. The molecule has 4 aliphatic rings. The first-order valence-corrected chi connectivity index (χ1v) is 16.9. The minimum atomic E-state index is -0.562. The van der Waals surface area contributed by atoms with Gasteiger partial charge in [-0.05, 0) is 59.0 Å². The fourth-order valence-electron chi connectivity index (χ4n) is 8.00. The summed E-state index contributed by atoms with van der Waals surface area (Å²) in [4.78, 5) is 59.5. The van der Waals surface area contributed by atoms with E-state index in [-0.39, 0.29) is 30.6 Å². The van der Waals surface area contributed by atoms with Crippen molar-refractivity contribution in [1.29, 1.82) is 5.26 Å². The van der Waals surface area contributed by atoms with Gasteiger partial charge in [-0.15, -0.1) is 0 Å². The molecule has 8 rings (SSSR count). The molecule has 1 aromatic heterocycles. The van der Waals surface area contributed by atoms with Gasteiger partial charge in [0.15, 0.2) is 5.78 Å². The highest BCUT2D eigenvalue weighted by atomic mass is 16.2. The van der Waals surface area contributed by atoms with Crippen LogP contribution in [-0.4, -0.2) is 76.3 Å². The molecule has 2 fully saturated rings. The molecule has 2 saturated heterocycles. The summed E-state index contributed by atoms with van der Waals surface area (Å²) < 4.78 is 0. The Balaban J connectivity index is 0.990. The number of fused-ring (bicyclic) bond motifs is 5. The first-order chi connectivity index (χ1) is 23.6. The van der Waals surface area contributed by atoms with Crippen LogP contribution in [0.2, 0.25) is 0 Å². The number of H-pyrrole nitrogens is 1. The highest BCUT2D eigenvalue weighted by Crippen LogP contribution is 2.46. The molecule has 0 radical (unpaired) electrons. The molecule has 3 aromatic carbocycles. The summed E-state index contributed by atoms with van der Waals surface area (Å²) in [6.07, 6.45) is 0.975. The predicted molar refractivity (Wildman–Crippen MR) is 183 cm³/mol. The van der Waals surface area contributed by atoms with Crippen molar-refractivity contribution in [1.82, 2.24) is 25.2 Å². The summed E-state index contributed by atoms with van der Waals surface area (Å²) in [5, 5.41) is 15.3. The summed E-state index contributed by atoms with van der Waals surface area (Å²) in [5.74, 6) is -0.528. The number of aryl methyl sites for hydroxylation is 1. The van der Waals surface area contributed by atoms with E-state index in [1.165, 1.54) is 15.7 Å². The van der Waals surface area contributed by atoms with Crippen LogP contribution in [0.1, 0.15) is 87.0 Å². The molecule has 2 N–H and O–H groups in total. The zero-order chi connectivity index (χ0) is 34.2. The number of anilines is 1. The number of hydrogen-bond donors (Lipinski definition) is 2. The van der Waals surface area contributed by atoms with E-state index in [2.05, 4.69) is 65.1 Å². The standard InChI is InChI=1S/C38H37N7O4/c1-4-24-17-28-29(38(2,3)35-33(34(28)47)27-8-5-22(19-39)16-30(27)40-35)18-31(24)43-13-11-42(12-14-43)20-23-6-7-26-25(15-23)21-45(36(26)48)44-10-9-32(46)41-37(44)49/h5-8,15-18,40H,4,9-14,20-21H2,1-3H3,(H,41,46,49). The van der Waals surface area contributed by atoms with Crippen LogP contribution in [0.5, 0.6) is 0 Å². The van der Waals surface area contributed by atoms with Crippen molar-refractivity contribution >= 4 is 40.2 Å². The fourth-order valence-corrected chi connectivity index (χ4v) is 8.00. The molecule has 3 aliphatic heterocycles. The minimum absolute atomic E-state index is 0.0276. The zero-order valence-electron chi connectivity index (χ0n) is 27.9. The molecule has 49 heavy (non-hydrogen) atoms. The highest BCUT2D eigenvalue weighted by molar-refractivity contribution is 6.20. The molecule has 0 spiro atoms. The van der Waals surface area contributed by atoms with Crippen molar-refractivity contribution < 1.29 is 19.2 Å². The average molecular weight is 656 g/mol. The second kappa shape index (κ2) is 11.3. The van der Waals surface area contributed by atoms with E-state index in [1.54, 1.807) is 6.07 Å². The van der Waals surface area contributed by atoms with Crippen LogP contribution in [0.4, 0.5) is 10.5 Å². The largest absolute Gasteiger partial charge is 0.369 e. The maximum absolute atomic E-state index is 14.1. The number of ketones is 1. The zero-order valence-corrected chi connectivity index (χ0v) is 27.9. The molecule has 4 heterocycles. The van der Waals surface area contributed by atoms with Crippen LogP contribution in [0.25, 0.3) is 10.9 Å². The van der Waals surface area contributed by atoms with Gasteiger partial charge in [0.2, 0.25) is 5.91 Å². The summed E-state index contributed by atoms with van der Waals surface area (Å²) in [6, 6.07) is 17.3. The number of urea groups is 1. The van der Waals surface area contributed by atoms with Crippen molar-refractivity contribution in [3.8, 4) is 6.07 Å². The van der Waals surface area contributed by atoms with Gasteiger partial charge in [-0.3, -0.25) is 24.6 Å². The first-order valence-electron chi connectivity index (χ1n) is 16.9. The molecule has 0 bridgehead atoms. The van der Waals surface area contributed by atoms with Gasteiger partial charge in [0.05, 0.1) is 30.3 Å². The number of carbonyl (C=O) groups is 4. The number of amides is 4. The number of hydrazine groups is 1. The lowest BCUT2D eigenvalue weighted by atomic mass is 9.70. The van der Waals surface area contributed by atoms with Crippen molar-refractivity contribution in [3.63, 3.8) is 0 Å². The molecule has 11 nitrogen and oxygen atoms in total. The molecule has 4 aromatic rings. The van der Waals surface area contributed by atoms with Crippen molar-refractivity contribution in [2.45, 2.75) is 52.1 Å². The second-order valence-corrected chi connectivity index (χ2v) is 13.9. The Morgan fingerprint density at radius 1 is 0.898 bits per heavy atom. The van der Waals surface area contributed by atoms with Gasteiger partial charge in [0, 0.05) is 78.0 Å². The molecule has 0 saturated carbocycles. The number of aromatic amines is 1. The predicted octanol–water partition coefficient (Wildman–Crippen LogP) is 4.61. The van der Waals surface area contributed by atoms with E-state index in [0.717, 1.165) is 83.6 Å². The minimum Gasteiger partial charge on any atom is -0.369 e. The smallest absolute Gasteiger partial charge is 0.342 e. The highest BCUT2D eigenvalue weighted by Gasteiger charge is 2.41. The Kier molecular flexibility index (Phi) is 7.12. The van der Waals surface area contributed by atoms with Gasteiger partial charge >= 0.3 is 6.03 Å². The number of nitriles is 1. The van der Waals surface area contributed by atoms with E-state index < -0.39 is 11.4 Å². The van der Waals surface area contributed by atoms with E-state index in [0.29, 0.717) is 23.2 Å². The SMILES string of the molecule is CCc1cc2c(cc1N1CCN(Cc3ccc4c(c3)CN(N3CCC(=O)NC3=O)C4=O)CC1)C(C)(C)c1[nH]c3cc(C#N)ccc3c1C2=O. The van der Waals surface area contributed by atoms with E-state index in [1.807, 2.05) is 24.3 Å². The third kappa shape index (κ3) is 4.89. The lowest BCUT2D eigenvalue weighted by Gasteiger charge is -2.39. The molecule has 248 valence electrons. The molecular formula is C38H37N7O4. The number of piperazine rings is 1. The number of aromatic nitrogens is 1. The van der Waals surface area contributed by atoms with Crippen LogP contribution in [-0.2, 0) is 29.7 Å². The summed E-state index contributed by atoms with van der Waals surface area (Å²) >= 11 is 0. The quantitative estimate of drug-likeness (QED) is 0.321. The Hall–Kier alpha value is -5.47. The Bertz CT molecular complexity index is 2150. The Morgan fingerprint density at radius 2 is 1.69 bits per heavy atom. The van der Waals surface area contributed by atoms with Gasteiger partial charge in [-0.25, -0.2) is 14.8 Å². The number of carbonyl (C=O) groups excluding carboxylic acids is 4. The number of nitrogens with zero attached hydrogens (tertiary/aromatic N) is 5. The Labute approximate surface area is 284 Å². The summed E-state index contributed by atoms with van der Waals surface area (Å²) in [7, 11) is 0. The average Bonchev–Trinajstić information content (AvgIpc) is 3.65. The maximum atomic E-state index is 14.1. The van der Waals surface area contributed by atoms with Crippen LogP contribution < -0.4 is 10.2 Å². The molecule has 0 atom stereocenters. The van der Waals surface area contributed by atoms with Gasteiger partial charge in [-0.1, -0.05) is 39.0 Å². The summed E-state index contributed by atoms with van der Waals surface area (Å²) in [5.41, 5.74) is 9.21. The third-order valence-electron chi connectivity index (χ3n) is 10.7. The van der Waals surface area contributed by atoms with Crippen molar-refractivity contribution in [3.05, 3.63) is 98.7 Å². The number of hydrogen-bond acceptors (Lipinski definition) is 7. The topological polar surface area (TPSA) is 133 Å². The summed E-state index contributed by atoms with van der Waals surface area (Å²) in [6.45, 7) is 11.1. The molecular weight excluding hydrogens is 618 g/mol. The van der Waals surface area contributed by atoms with Gasteiger partial charge in [0.25, 0.3) is 5.91 Å². The lowest BCUT2D eigenvalue weighted by molar-refractivity contribution is -0.123. The third-order valence-corrected chi connectivity index (χ3v) is 10.7. The fraction of sp³-hybridized carbons (Fsp3) is 0.342. The normalized spacial score (nSPS) is 18.8. The van der Waals surface area contributed by atoms with Crippen molar-refractivity contribution in [2.24, 2.45) is 0 Å². The maximum Gasteiger partial charge on any atom is 0.342 e. The molecule has 11 heteroatoms. The lowest BCUT2D eigenvalue weighted by Crippen LogP contribution is -2.56. The van der Waals surface area contributed by atoms with E-state index in [9.17, 15) is 24.4 Å². The Morgan fingerprint density at radius 3 is 2.43 bits per heavy atom. The van der Waals surface area contributed by atoms with Crippen molar-refractivity contribution in [2.75, 3.05) is 37.6 Å². The number of benzene rings is 3. The van der Waals surface area contributed by atoms with Crippen LogP contribution in [0.3, 0.4) is 0 Å². The van der Waals surface area contributed by atoms with Gasteiger partial charge < -0.3 is 9.88 Å². The van der Waals surface area contributed by atoms with Gasteiger partial charge in [0.1, 0.15) is 0 Å². The first kappa shape index (κ1) is 30.8. The molecule has 0 unspecified atom stereocenters. The van der Waals surface area contributed by atoms with Crippen LogP contribution in [0, 0.1) is 11.3 Å². The van der Waals surface area contributed by atoms with Crippen LogP contribution >= 0.6 is 0 Å². The van der Waals surface area contributed by atoms with Crippen LogP contribution in [0.15, 0.2) is 48.5 Å². The van der Waals surface area contributed by atoms with E-state index in [4.69, 9.17) is 0 Å². The number of rotatable bonds is 5. The van der Waals surface area contributed by atoms with Gasteiger partial charge in [-0.2, -0.15) is 5.26 Å². The van der Waals surface area contributed by atoms with E-state index >= 15 is 0 Å². The number of nitrogens with one attached hydrogen (secondary N) is 2. The molecule has 1 aliphatic carbocycles. The second-order valence-electron chi connectivity index (χ2n) is 13.9. The monoisotopic (exact) mass is 655 g/mol. The number of imide groups is 1.